The maximum atomic E-state index is 12.4. The van der Waals surface area contributed by atoms with E-state index in [4.69, 9.17) is 9.47 Å². The van der Waals surface area contributed by atoms with Crippen LogP contribution in [0.1, 0.15) is 16.1 Å². The summed E-state index contributed by atoms with van der Waals surface area (Å²) in [6.07, 6.45) is 5.15. The molecule has 3 aromatic rings. The zero-order valence-corrected chi connectivity index (χ0v) is 15.1. The fourth-order valence-corrected chi connectivity index (χ4v) is 2.45. The number of nitrogens with zero attached hydrogens (tertiary/aromatic N) is 2. The summed E-state index contributed by atoms with van der Waals surface area (Å²) in [5.74, 6) is 0.830. The first-order valence-electron chi connectivity index (χ1n) is 8.32. The van der Waals surface area contributed by atoms with Crippen LogP contribution in [-0.4, -0.2) is 30.1 Å². The Bertz CT molecular complexity index is 899. The smallest absolute Gasteiger partial charge is 0.274 e. The zero-order chi connectivity index (χ0) is 19.1. The molecule has 0 unspecified atom stereocenters. The summed E-state index contributed by atoms with van der Waals surface area (Å²) in [5, 5.41) is 6.04. The second-order valence-corrected chi connectivity index (χ2v) is 5.67. The Balaban J connectivity index is 1.62. The Morgan fingerprint density at radius 1 is 1.00 bits per heavy atom. The summed E-state index contributed by atoms with van der Waals surface area (Å²) in [7, 11) is 3.10. The standard InChI is InChI=1S/C20H20N4O3/c1-26-18-8-6-15(10-19(18)27-2)24-20(25)17-7-5-16(13-23-17)22-12-14-4-3-9-21-11-14/h3-11,13,22H,12H2,1-2H3,(H,24,25). The van der Waals surface area contributed by atoms with Crippen molar-refractivity contribution in [2.45, 2.75) is 6.54 Å². The minimum atomic E-state index is -0.305. The van der Waals surface area contributed by atoms with Gasteiger partial charge in [0, 0.05) is 30.7 Å². The Morgan fingerprint density at radius 3 is 2.48 bits per heavy atom. The summed E-state index contributed by atoms with van der Waals surface area (Å²) in [4.78, 5) is 20.7. The van der Waals surface area contributed by atoms with Crippen molar-refractivity contribution in [1.29, 1.82) is 0 Å². The summed E-state index contributed by atoms with van der Waals surface area (Å²) in [6, 6.07) is 12.5. The number of methoxy groups -OCH3 is 2. The summed E-state index contributed by atoms with van der Waals surface area (Å²) >= 11 is 0. The second kappa shape index (κ2) is 8.66. The molecule has 0 saturated heterocycles. The van der Waals surface area contributed by atoms with E-state index >= 15 is 0 Å². The normalized spacial score (nSPS) is 10.1. The maximum Gasteiger partial charge on any atom is 0.274 e. The number of ether oxygens (including phenoxy) is 2. The van der Waals surface area contributed by atoms with Gasteiger partial charge in [0.2, 0.25) is 0 Å². The third-order valence-electron chi connectivity index (χ3n) is 3.86. The molecule has 2 N–H and O–H groups in total. The summed E-state index contributed by atoms with van der Waals surface area (Å²) in [6.45, 7) is 0.632. The number of nitrogens with one attached hydrogen (secondary N) is 2. The van der Waals surface area contributed by atoms with Gasteiger partial charge in [0.05, 0.1) is 26.1 Å². The maximum absolute atomic E-state index is 12.4. The molecule has 0 spiro atoms. The first-order valence-corrected chi connectivity index (χ1v) is 8.32. The lowest BCUT2D eigenvalue weighted by Gasteiger charge is -2.11. The van der Waals surface area contributed by atoms with Gasteiger partial charge in [0.15, 0.2) is 11.5 Å². The van der Waals surface area contributed by atoms with Crippen LogP contribution in [0.5, 0.6) is 11.5 Å². The Hall–Kier alpha value is -3.61. The molecule has 7 nitrogen and oxygen atoms in total. The van der Waals surface area contributed by atoms with Crippen LogP contribution in [0.3, 0.4) is 0 Å². The number of carbonyl (C=O) groups excluding carboxylic acids is 1. The molecule has 2 heterocycles. The first-order chi connectivity index (χ1) is 13.2. The monoisotopic (exact) mass is 364 g/mol. The number of benzene rings is 1. The molecular weight excluding hydrogens is 344 g/mol. The van der Waals surface area contributed by atoms with Crippen molar-refractivity contribution < 1.29 is 14.3 Å². The van der Waals surface area contributed by atoms with Gasteiger partial charge < -0.3 is 20.1 Å². The summed E-state index contributed by atoms with van der Waals surface area (Å²) < 4.78 is 10.4. The van der Waals surface area contributed by atoms with Gasteiger partial charge in [-0.3, -0.25) is 9.78 Å². The number of amides is 1. The van der Waals surface area contributed by atoms with Crippen molar-refractivity contribution in [2.24, 2.45) is 0 Å². The average molecular weight is 364 g/mol. The molecule has 0 atom stereocenters. The van der Waals surface area contributed by atoms with Crippen LogP contribution in [0.2, 0.25) is 0 Å². The van der Waals surface area contributed by atoms with Crippen LogP contribution in [-0.2, 0) is 6.54 Å². The topological polar surface area (TPSA) is 85.4 Å². The van der Waals surface area contributed by atoms with Crippen molar-refractivity contribution in [3.63, 3.8) is 0 Å². The number of carbonyl (C=O) groups is 1. The van der Waals surface area contributed by atoms with E-state index in [9.17, 15) is 4.79 Å². The average Bonchev–Trinajstić information content (AvgIpc) is 2.73. The van der Waals surface area contributed by atoms with Crippen LogP contribution in [0.25, 0.3) is 0 Å². The van der Waals surface area contributed by atoms with Crippen molar-refractivity contribution in [1.82, 2.24) is 9.97 Å². The minimum absolute atomic E-state index is 0.305. The summed E-state index contributed by atoms with van der Waals surface area (Å²) in [5.41, 5.74) is 2.80. The molecule has 0 radical (unpaired) electrons. The van der Waals surface area contributed by atoms with Crippen molar-refractivity contribution in [3.8, 4) is 11.5 Å². The van der Waals surface area contributed by atoms with Crippen LogP contribution in [0.15, 0.2) is 61.1 Å². The van der Waals surface area contributed by atoms with Gasteiger partial charge in [-0.2, -0.15) is 0 Å². The molecule has 0 aliphatic rings. The number of hydrogen-bond acceptors (Lipinski definition) is 6. The molecule has 27 heavy (non-hydrogen) atoms. The van der Waals surface area contributed by atoms with Gasteiger partial charge in [-0.05, 0) is 35.9 Å². The molecule has 7 heteroatoms. The van der Waals surface area contributed by atoms with Crippen LogP contribution >= 0.6 is 0 Å². The highest BCUT2D eigenvalue weighted by Gasteiger charge is 2.10. The number of pyridine rings is 2. The highest BCUT2D eigenvalue weighted by Crippen LogP contribution is 2.29. The molecule has 0 aliphatic heterocycles. The fraction of sp³-hybridized carbons (Fsp3) is 0.150. The van der Waals surface area contributed by atoms with Gasteiger partial charge >= 0.3 is 0 Å². The predicted molar refractivity (Wildman–Crippen MR) is 103 cm³/mol. The van der Waals surface area contributed by atoms with Gasteiger partial charge in [-0.1, -0.05) is 6.07 Å². The minimum Gasteiger partial charge on any atom is -0.493 e. The molecule has 0 fully saturated rings. The van der Waals surface area contributed by atoms with Crippen LogP contribution < -0.4 is 20.1 Å². The quantitative estimate of drug-likeness (QED) is 0.669. The van der Waals surface area contributed by atoms with Gasteiger partial charge in [0.1, 0.15) is 5.69 Å². The SMILES string of the molecule is COc1ccc(NC(=O)c2ccc(NCc3cccnc3)cn2)cc1OC. The van der Waals surface area contributed by atoms with Gasteiger partial charge in [-0.15, -0.1) is 0 Å². The number of aromatic nitrogens is 2. The van der Waals surface area contributed by atoms with E-state index in [-0.39, 0.29) is 5.91 Å². The predicted octanol–water partition coefficient (Wildman–Crippen LogP) is 3.36. The van der Waals surface area contributed by atoms with E-state index in [0.29, 0.717) is 29.4 Å². The Kier molecular flexibility index (Phi) is 5.84. The lowest BCUT2D eigenvalue weighted by atomic mass is 10.2. The van der Waals surface area contributed by atoms with Crippen LogP contribution in [0.4, 0.5) is 11.4 Å². The largest absolute Gasteiger partial charge is 0.493 e. The van der Waals surface area contributed by atoms with E-state index in [2.05, 4.69) is 20.6 Å². The second-order valence-electron chi connectivity index (χ2n) is 5.67. The van der Waals surface area contributed by atoms with E-state index in [1.54, 1.807) is 57.1 Å². The highest BCUT2D eigenvalue weighted by atomic mass is 16.5. The van der Waals surface area contributed by atoms with Crippen molar-refractivity contribution in [3.05, 3.63) is 72.3 Å². The fourth-order valence-electron chi connectivity index (χ4n) is 2.45. The number of anilines is 2. The molecular formula is C20H20N4O3. The molecule has 1 amide bonds. The van der Waals surface area contributed by atoms with Gasteiger partial charge in [0.25, 0.3) is 5.91 Å². The number of hydrogen-bond donors (Lipinski definition) is 2. The third-order valence-corrected chi connectivity index (χ3v) is 3.86. The van der Waals surface area contributed by atoms with E-state index < -0.39 is 0 Å². The molecule has 138 valence electrons. The van der Waals surface area contributed by atoms with Crippen LogP contribution in [0, 0.1) is 0 Å². The van der Waals surface area contributed by atoms with E-state index in [0.717, 1.165) is 11.3 Å². The highest BCUT2D eigenvalue weighted by molar-refractivity contribution is 6.03. The zero-order valence-electron chi connectivity index (χ0n) is 15.1. The van der Waals surface area contributed by atoms with Gasteiger partial charge in [-0.25, -0.2) is 4.98 Å². The molecule has 2 aromatic heterocycles. The molecule has 3 rings (SSSR count). The molecule has 1 aromatic carbocycles. The lowest BCUT2D eigenvalue weighted by Crippen LogP contribution is -2.14. The lowest BCUT2D eigenvalue weighted by molar-refractivity contribution is 0.102. The Morgan fingerprint density at radius 2 is 1.81 bits per heavy atom. The van der Waals surface area contributed by atoms with Crippen molar-refractivity contribution >= 4 is 17.3 Å². The molecule has 0 bridgehead atoms. The van der Waals surface area contributed by atoms with Crippen molar-refractivity contribution in [2.75, 3.05) is 24.9 Å². The molecule has 0 aliphatic carbocycles. The third kappa shape index (κ3) is 4.72. The molecule has 0 saturated carbocycles. The van der Waals surface area contributed by atoms with E-state index in [1.165, 1.54) is 0 Å². The number of rotatable bonds is 7. The first kappa shape index (κ1) is 18.2. The van der Waals surface area contributed by atoms with E-state index in [1.807, 2.05) is 18.2 Å². The Labute approximate surface area is 157 Å².